The molecule has 1 fully saturated rings. The zero-order valence-electron chi connectivity index (χ0n) is 8.69. The van der Waals surface area contributed by atoms with Crippen LogP contribution in [0.1, 0.15) is 25.1 Å². The Morgan fingerprint density at radius 1 is 1.56 bits per heavy atom. The number of amides is 1. The molecule has 6 heteroatoms. The number of allylic oxidation sites excluding steroid dienone is 1. The number of thioether (sulfide) groups is 1. The smallest absolute Gasteiger partial charge is 0.258 e. The van der Waals surface area contributed by atoms with Gasteiger partial charge in [0.05, 0.1) is 10.4 Å². The van der Waals surface area contributed by atoms with Crippen molar-refractivity contribution in [2.45, 2.75) is 24.8 Å². The summed E-state index contributed by atoms with van der Waals surface area (Å²) in [6.45, 7) is 0. The first kappa shape index (κ1) is 9.89. The summed E-state index contributed by atoms with van der Waals surface area (Å²) in [5, 5.41) is 9.71. The van der Waals surface area contributed by atoms with Crippen molar-refractivity contribution in [1.29, 1.82) is 0 Å². The number of nitrogens with zero attached hydrogens (tertiary/aromatic N) is 2. The number of aromatic nitrogens is 3. The zero-order valence-corrected chi connectivity index (χ0v) is 9.51. The number of carbonyl (C=O) groups is 1. The van der Waals surface area contributed by atoms with Crippen molar-refractivity contribution in [1.82, 2.24) is 20.5 Å². The number of aromatic amines is 1. The second-order valence-corrected chi connectivity index (χ2v) is 5.21. The fourth-order valence-electron chi connectivity index (χ4n) is 1.84. The third-order valence-corrected chi connectivity index (χ3v) is 4.00. The van der Waals surface area contributed by atoms with E-state index in [1.807, 2.05) is 6.08 Å². The molecule has 2 N–H and O–H groups in total. The first-order valence-corrected chi connectivity index (χ1v) is 6.30. The summed E-state index contributed by atoms with van der Waals surface area (Å²) < 4.78 is 0. The highest BCUT2D eigenvalue weighted by Gasteiger charge is 2.48. The van der Waals surface area contributed by atoms with E-state index in [4.69, 9.17) is 0 Å². The molecule has 1 amide bonds. The minimum atomic E-state index is -0.280. The lowest BCUT2D eigenvalue weighted by Gasteiger charge is -2.14. The molecule has 0 aromatic carbocycles. The Bertz CT molecular complexity index is 436. The van der Waals surface area contributed by atoms with Crippen LogP contribution < -0.4 is 5.32 Å². The van der Waals surface area contributed by atoms with E-state index < -0.39 is 0 Å². The van der Waals surface area contributed by atoms with Crippen LogP contribution >= 0.6 is 11.8 Å². The highest BCUT2D eigenvalue weighted by atomic mass is 32.2. The molecule has 0 bridgehead atoms. The molecule has 16 heavy (non-hydrogen) atoms. The van der Waals surface area contributed by atoms with Crippen molar-refractivity contribution in [3.8, 4) is 0 Å². The van der Waals surface area contributed by atoms with Crippen LogP contribution in [0.2, 0.25) is 0 Å². The molecule has 0 spiro atoms. The van der Waals surface area contributed by atoms with Gasteiger partial charge >= 0.3 is 0 Å². The van der Waals surface area contributed by atoms with E-state index in [1.54, 1.807) is 11.8 Å². The largest absolute Gasteiger partial charge is 0.339 e. The van der Waals surface area contributed by atoms with E-state index in [1.165, 1.54) is 6.33 Å². The molecule has 0 atom stereocenters. The standard InChI is InChI=1S/C10H12N4OS/c15-8(7-2-1-5-16-7)13-10(3-4-10)9-11-6-12-14-9/h2,6H,1,3-5H2,(H,13,15)(H,11,12,14). The molecule has 1 aromatic rings. The summed E-state index contributed by atoms with van der Waals surface area (Å²) in [6, 6.07) is 0. The summed E-state index contributed by atoms with van der Waals surface area (Å²) in [4.78, 5) is 16.9. The second kappa shape index (κ2) is 3.62. The Balaban J connectivity index is 1.73. The van der Waals surface area contributed by atoms with Crippen LogP contribution in [0, 0.1) is 0 Å². The van der Waals surface area contributed by atoms with Crippen LogP contribution in [0.25, 0.3) is 0 Å². The van der Waals surface area contributed by atoms with Crippen LogP contribution in [0.3, 0.4) is 0 Å². The van der Waals surface area contributed by atoms with Gasteiger partial charge in [-0.1, -0.05) is 6.08 Å². The van der Waals surface area contributed by atoms with Gasteiger partial charge in [0.15, 0.2) is 0 Å². The summed E-state index contributed by atoms with van der Waals surface area (Å²) in [5.74, 6) is 1.80. The molecule has 5 nitrogen and oxygen atoms in total. The third-order valence-electron chi connectivity index (χ3n) is 2.90. The Hall–Kier alpha value is -1.30. The molecular formula is C10H12N4OS. The Kier molecular flexibility index (Phi) is 2.24. The highest BCUT2D eigenvalue weighted by molar-refractivity contribution is 8.04. The molecule has 1 aliphatic carbocycles. The van der Waals surface area contributed by atoms with E-state index in [9.17, 15) is 4.79 Å². The third kappa shape index (κ3) is 1.63. The molecule has 1 saturated carbocycles. The molecule has 84 valence electrons. The number of hydrogen-bond acceptors (Lipinski definition) is 4. The van der Waals surface area contributed by atoms with Gasteiger partial charge in [0.25, 0.3) is 5.91 Å². The van der Waals surface area contributed by atoms with E-state index >= 15 is 0 Å². The summed E-state index contributed by atoms with van der Waals surface area (Å²) in [7, 11) is 0. The normalized spacial score (nSPS) is 21.6. The second-order valence-electron chi connectivity index (χ2n) is 4.08. The lowest BCUT2D eigenvalue weighted by molar-refractivity contribution is -0.117. The minimum absolute atomic E-state index is 0.0244. The zero-order chi connectivity index (χ0) is 11.0. The van der Waals surface area contributed by atoms with Crippen molar-refractivity contribution in [3.63, 3.8) is 0 Å². The number of rotatable bonds is 3. The van der Waals surface area contributed by atoms with Gasteiger partial charge in [-0.25, -0.2) is 4.98 Å². The summed E-state index contributed by atoms with van der Waals surface area (Å²) >= 11 is 1.62. The van der Waals surface area contributed by atoms with Crippen LogP contribution in [0.15, 0.2) is 17.3 Å². The van der Waals surface area contributed by atoms with Crippen molar-refractivity contribution >= 4 is 17.7 Å². The number of carbonyl (C=O) groups excluding carboxylic acids is 1. The predicted octanol–water partition coefficient (Wildman–Crippen LogP) is 0.931. The molecule has 2 heterocycles. The van der Waals surface area contributed by atoms with E-state index in [-0.39, 0.29) is 11.4 Å². The van der Waals surface area contributed by atoms with Gasteiger partial charge < -0.3 is 5.32 Å². The fraction of sp³-hybridized carbons (Fsp3) is 0.500. The van der Waals surface area contributed by atoms with Gasteiger partial charge in [0.2, 0.25) is 0 Å². The molecule has 0 saturated heterocycles. The maximum atomic E-state index is 11.9. The van der Waals surface area contributed by atoms with E-state index in [2.05, 4.69) is 20.5 Å². The molecule has 2 aliphatic rings. The van der Waals surface area contributed by atoms with Gasteiger partial charge in [0, 0.05) is 5.75 Å². The highest BCUT2D eigenvalue weighted by Crippen LogP contribution is 2.44. The van der Waals surface area contributed by atoms with Crippen LogP contribution in [-0.4, -0.2) is 26.8 Å². The maximum absolute atomic E-state index is 11.9. The lowest BCUT2D eigenvalue weighted by atomic mass is 10.2. The Morgan fingerprint density at radius 3 is 3.00 bits per heavy atom. The minimum Gasteiger partial charge on any atom is -0.339 e. The fourth-order valence-corrected chi connectivity index (χ4v) is 2.71. The molecule has 1 aliphatic heterocycles. The van der Waals surface area contributed by atoms with E-state index in [0.717, 1.165) is 35.7 Å². The summed E-state index contributed by atoms with van der Waals surface area (Å²) in [5.41, 5.74) is -0.280. The molecule has 3 rings (SSSR count). The van der Waals surface area contributed by atoms with E-state index in [0.29, 0.717) is 0 Å². The van der Waals surface area contributed by atoms with Gasteiger partial charge in [-0.05, 0) is 19.3 Å². The monoisotopic (exact) mass is 236 g/mol. The maximum Gasteiger partial charge on any atom is 0.258 e. The van der Waals surface area contributed by atoms with Gasteiger partial charge in [-0.3, -0.25) is 9.89 Å². The van der Waals surface area contributed by atoms with Gasteiger partial charge in [0.1, 0.15) is 12.2 Å². The van der Waals surface area contributed by atoms with Crippen molar-refractivity contribution < 1.29 is 4.79 Å². The quantitative estimate of drug-likeness (QED) is 0.819. The van der Waals surface area contributed by atoms with Crippen LogP contribution in [-0.2, 0) is 10.3 Å². The topological polar surface area (TPSA) is 70.7 Å². The first-order chi connectivity index (χ1) is 7.80. The molecule has 1 aromatic heterocycles. The van der Waals surface area contributed by atoms with Gasteiger partial charge in [-0.15, -0.1) is 11.8 Å². The number of nitrogens with one attached hydrogen (secondary N) is 2. The van der Waals surface area contributed by atoms with Crippen LogP contribution in [0.4, 0.5) is 0 Å². The SMILES string of the molecule is O=C(NC1(c2ncn[nH]2)CC1)C1=CCCS1. The van der Waals surface area contributed by atoms with Crippen molar-refractivity contribution in [2.24, 2.45) is 0 Å². The molecular weight excluding hydrogens is 224 g/mol. The average molecular weight is 236 g/mol. The van der Waals surface area contributed by atoms with Crippen LogP contribution in [0.5, 0.6) is 0 Å². The van der Waals surface area contributed by atoms with Gasteiger partial charge in [-0.2, -0.15) is 5.10 Å². The van der Waals surface area contributed by atoms with Crippen molar-refractivity contribution in [3.05, 3.63) is 23.1 Å². The predicted molar refractivity (Wildman–Crippen MR) is 60.6 cm³/mol. The number of H-pyrrole nitrogens is 1. The average Bonchev–Trinajstić information content (AvgIpc) is 2.85. The summed E-state index contributed by atoms with van der Waals surface area (Å²) in [6.07, 6.45) is 6.34. The Labute approximate surface area is 97.1 Å². The number of hydrogen-bond donors (Lipinski definition) is 2. The van der Waals surface area contributed by atoms with Crippen molar-refractivity contribution in [2.75, 3.05) is 5.75 Å². The Morgan fingerprint density at radius 2 is 2.44 bits per heavy atom. The first-order valence-electron chi connectivity index (χ1n) is 5.31. The molecule has 0 radical (unpaired) electrons. The lowest BCUT2D eigenvalue weighted by Crippen LogP contribution is -2.36. The molecule has 0 unspecified atom stereocenters.